The van der Waals surface area contributed by atoms with E-state index in [1.165, 1.54) is 31.7 Å². The highest BCUT2D eigenvalue weighted by molar-refractivity contribution is 6.32. The third kappa shape index (κ3) is 3.21. The predicted octanol–water partition coefficient (Wildman–Crippen LogP) is 4.14. The van der Waals surface area contributed by atoms with E-state index in [0.29, 0.717) is 11.5 Å². The van der Waals surface area contributed by atoms with E-state index in [-0.39, 0.29) is 45.5 Å². The van der Waals surface area contributed by atoms with E-state index in [0.717, 1.165) is 25.2 Å². The van der Waals surface area contributed by atoms with Gasteiger partial charge in [0.05, 0.1) is 22.4 Å². The van der Waals surface area contributed by atoms with Gasteiger partial charge >= 0.3 is 5.97 Å². The first-order valence-electron chi connectivity index (χ1n) is 11.1. The van der Waals surface area contributed by atoms with Crippen LogP contribution in [0.15, 0.2) is 30.3 Å². The molecule has 0 bridgehead atoms. The Balaban J connectivity index is 1.44. The van der Waals surface area contributed by atoms with Gasteiger partial charge in [0.1, 0.15) is 6.10 Å². The third-order valence-electron chi connectivity index (χ3n) is 7.25. The molecule has 0 heterocycles. The Morgan fingerprint density at radius 2 is 1.52 bits per heavy atom. The molecule has 0 radical (unpaired) electrons. The molecule has 31 heavy (non-hydrogen) atoms. The molecule has 6 nitrogen and oxygen atoms in total. The molecule has 3 atom stereocenters. The van der Waals surface area contributed by atoms with Gasteiger partial charge in [-0.25, -0.2) is 4.79 Å². The summed E-state index contributed by atoms with van der Waals surface area (Å²) in [5, 5.41) is 0. The highest BCUT2D eigenvalue weighted by Gasteiger charge is 2.37. The van der Waals surface area contributed by atoms with Crippen LogP contribution in [-0.4, -0.2) is 23.6 Å². The first-order chi connectivity index (χ1) is 15.0. The number of carbonyl (C=O) groups excluding carboxylic acids is 3. The molecule has 3 aliphatic rings. The topological polar surface area (TPSA) is 112 Å². The van der Waals surface area contributed by atoms with Gasteiger partial charge in [-0.15, -0.1) is 0 Å². The van der Waals surface area contributed by atoms with Crippen molar-refractivity contribution in [1.82, 2.24) is 0 Å². The zero-order chi connectivity index (χ0) is 21.7. The van der Waals surface area contributed by atoms with E-state index in [2.05, 4.69) is 0 Å². The van der Waals surface area contributed by atoms with Gasteiger partial charge in [0.2, 0.25) is 0 Å². The second-order valence-corrected chi connectivity index (χ2v) is 9.03. The average molecular weight is 418 g/mol. The minimum Gasteiger partial charge on any atom is -0.459 e. The molecule has 0 aromatic heterocycles. The lowest BCUT2D eigenvalue weighted by Crippen LogP contribution is -2.33. The van der Waals surface area contributed by atoms with Crippen molar-refractivity contribution in [2.24, 2.45) is 11.8 Å². The van der Waals surface area contributed by atoms with E-state index in [9.17, 15) is 14.4 Å². The van der Waals surface area contributed by atoms with Gasteiger partial charge in [-0.1, -0.05) is 49.9 Å². The van der Waals surface area contributed by atoms with Crippen molar-refractivity contribution in [1.29, 1.82) is 0 Å². The third-order valence-corrected chi connectivity index (χ3v) is 7.25. The van der Waals surface area contributed by atoms with Gasteiger partial charge in [-0.2, -0.15) is 0 Å². The molecule has 2 saturated carbocycles. The van der Waals surface area contributed by atoms with Crippen LogP contribution in [0, 0.1) is 11.8 Å². The second-order valence-electron chi connectivity index (χ2n) is 9.03. The van der Waals surface area contributed by atoms with Crippen molar-refractivity contribution in [2.75, 3.05) is 11.5 Å². The highest BCUT2D eigenvalue weighted by Crippen LogP contribution is 2.42. The normalized spacial score (nSPS) is 24.7. The lowest BCUT2D eigenvalue weighted by atomic mass is 9.70. The minimum atomic E-state index is -0.578. The lowest BCUT2D eigenvalue weighted by Gasteiger charge is -2.38. The average Bonchev–Trinajstić information content (AvgIpc) is 2.78. The van der Waals surface area contributed by atoms with Gasteiger partial charge in [-0.3, -0.25) is 9.59 Å². The number of hydrogen-bond acceptors (Lipinski definition) is 6. The number of anilines is 2. The molecule has 0 aliphatic heterocycles. The molecular weight excluding hydrogens is 392 g/mol. The number of carbonyl (C=O) groups is 3. The predicted molar refractivity (Wildman–Crippen MR) is 117 cm³/mol. The molecule has 2 aromatic carbocycles. The van der Waals surface area contributed by atoms with E-state index < -0.39 is 11.8 Å². The van der Waals surface area contributed by atoms with Gasteiger partial charge in [-0.05, 0) is 37.2 Å². The summed E-state index contributed by atoms with van der Waals surface area (Å²) in [6, 6.07) is 7.94. The standard InChI is InChI=1S/C25H26N2O4/c26-19-12-18(25(30)31-15-10-9-13-5-1-2-6-14(13)11-15)22(27)21-20(19)23(28)16-7-3-4-8-17(16)24(21)29/h3-4,7-8,12-15H,1-2,5-6,9-11,26-27H2/t13-,14?,15+/m0/s1. The maximum atomic E-state index is 13.1. The molecule has 3 aliphatic carbocycles. The molecule has 1 unspecified atom stereocenters. The fraction of sp³-hybridized carbons (Fsp3) is 0.400. The molecule has 0 spiro atoms. The van der Waals surface area contributed by atoms with Crippen LogP contribution in [0.5, 0.6) is 0 Å². The molecule has 6 heteroatoms. The molecule has 4 N–H and O–H groups in total. The minimum absolute atomic E-state index is 0.00615. The number of nitrogens with two attached hydrogens (primary N) is 2. The van der Waals surface area contributed by atoms with Gasteiger partial charge in [0, 0.05) is 16.8 Å². The zero-order valence-electron chi connectivity index (χ0n) is 17.4. The summed E-state index contributed by atoms with van der Waals surface area (Å²) in [4.78, 5) is 39.1. The number of ketones is 2. The maximum absolute atomic E-state index is 13.1. The van der Waals surface area contributed by atoms with Crippen LogP contribution in [0.4, 0.5) is 11.4 Å². The molecule has 2 fully saturated rings. The van der Waals surface area contributed by atoms with Crippen molar-refractivity contribution in [3.63, 3.8) is 0 Å². The van der Waals surface area contributed by atoms with E-state index in [1.807, 2.05) is 0 Å². The summed E-state index contributed by atoms with van der Waals surface area (Å²) in [6.07, 6.45) is 7.66. The number of fused-ring (bicyclic) bond motifs is 3. The van der Waals surface area contributed by atoms with Crippen LogP contribution >= 0.6 is 0 Å². The Labute approximate surface area is 180 Å². The first-order valence-corrected chi connectivity index (χ1v) is 11.1. The van der Waals surface area contributed by atoms with Crippen LogP contribution < -0.4 is 11.5 Å². The summed E-state index contributed by atoms with van der Waals surface area (Å²) < 4.78 is 5.81. The number of ether oxygens (including phenoxy) is 1. The van der Waals surface area contributed by atoms with Crippen molar-refractivity contribution in [2.45, 2.75) is 51.0 Å². The van der Waals surface area contributed by atoms with Crippen molar-refractivity contribution < 1.29 is 19.1 Å². The molecular formula is C25H26N2O4. The fourth-order valence-corrected chi connectivity index (χ4v) is 5.67. The Morgan fingerprint density at radius 1 is 0.871 bits per heavy atom. The van der Waals surface area contributed by atoms with Crippen LogP contribution in [0.2, 0.25) is 0 Å². The second kappa shape index (κ2) is 7.52. The zero-order valence-corrected chi connectivity index (χ0v) is 17.4. The summed E-state index contributed by atoms with van der Waals surface area (Å²) in [7, 11) is 0. The highest BCUT2D eigenvalue weighted by atomic mass is 16.5. The van der Waals surface area contributed by atoms with Crippen LogP contribution in [0.25, 0.3) is 0 Å². The summed E-state index contributed by atoms with van der Waals surface area (Å²) in [6.45, 7) is 0. The Bertz CT molecular complexity index is 1110. The SMILES string of the molecule is Nc1cc(C(=O)O[C@@H]2CC[C@@H]3CCCCC3C2)c(N)c2c1C(=O)c1ccccc1C2=O. The van der Waals surface area contributed by atoms with E-state index in [1.54, 1.807) is 24.3 Å². The molecule has 5 rings (SSSR count). The number of benzene rings is 2. The molecule has 160 valence electrons. The number of esters is 1. The van der Waals surface area contributed by atoms with Crippen LogP contribution in [0.3, 0.4) is 0 Å². The quantitative estimate of drug-likeness (QED) is 0.478. The van der Waals surface area contributed by atoms with Crippen LogP contribution in [0.1, 0.15) is 87.1 Å². The Kier molecular flexibility index (Phi) is 4.80. The number of hydrogen-bond donors (Lipinski definition) is 2. The monoisotopic (exact) mass is 418 g/mol. The molecule has 2 aromatic rings. The van der Waals surface area contributed by atoms with Crippen molar-refractivity contribution >= 4 is 28.9 Å². The largest absolute Gasteiger partial charge is 0.459 e. The number of rotatable bonds is 2. The van der Waals surface area contributed by atoms with Gasteiger partial charge in [0.15, 0.2) is 11.6 Å². The van der Waals surface area contributed by atoms with Gasteiger partial charge in [0.25, 0.3) is 0 Å². The first kappa shape index (κ1) is 19.8. The van der Waals surface area contributed by atoms with Crippen LogP contribution in [-0.2, 0) is 4.74 Å². The van der Waals surface area contributed by atoms with E-state index >= 15 is 0 Å². The smallest absolute Gasteiger partial charge is 0.340 e. The Morgan fingerprint density at radius 3 is 2.23 bits per heavy atom. The lowest BCUT2D eigenvalue weighted by molar-refractivity contribution is -0.000833. The molecule has 0 saturated heterocycles. The summed E-state index contributed by atoms with van der Waals surface area (Å²) in [5.41, 5.74) is 13.1. The van der Waals surface area contributed by atoms with Crippen molar-refractivity contribution in [3.8, 4) is 0 Å². The van der Waals surface area contributed by atoms with Crippen molar-refractivity contribution in [3.05, 3.63) is 58.1 Å². The van der Waals surface area contributed by atoms with E-state index in [4.69, 9.17) is 16.2 Å². The fourth-order valence-electron chi connectivity index (χ4n) is 5.67. The molecule has 0 amide bonds. The van der Waals surface area contributed by atoms with Gasteiger partial charge < -0.3 is 16.2 Å². The Hall–Kier alpha value is -3.15. The summed E-state index contributed by atoms with van der Waals surface area (Å²) >= 11 is 0. The number of nitrogen functional groups attached to an aromatic ring is 2. The summed E-state index contributed by atoms with van der Waals surface area (Å²) in [5.74, 6) is 0.0286. The maximum Gasteiger partial charge on any atom is 0.340 e.